The summed E-state index contributed by atoms with van der Waals surface area (Å²) in [6.45, 7) is 1.99. The summed E-state index contributed by atoms with van der Waals surface area (Å²) in [7, 11) is 0. The van der Waals surface area contributed by atoms with Crippen molar-refractivity contribution in [1.82, 2.24) is 0 Å². The van der Waals surface area contributed by atoms with Gasteiger partial charge in [-0.2, -0.15) is 0 Å². The number of aryl methyl sites for hydroxylation is 1. The van der Waals surface area contributed by atoms with Gasteiger partial charge < -0.3 is 5.32 Å². The number of benzene rings is 1. The number of halogens is 3. The first-order chi connectivity index (χ1) is 6.54. The molecule has 2 nitrogen and oxygen atoms in total. The summed E-state index contributed by atoms with van der Waals surface area (Å²) in [5.74, 6) is -0.0738. The molecule has 0 aliphatic rings. The molecule has 1 aromatic rings. The van der Waals surface area contributed by atoms with Gasteiger partial charge in [-0.15, -0.1) is 0 Å². The maximum absolute atomic E-state index is 11.2. The molecule has 0 fully saturated rings. The van der Waals surface area contributed by atoms with Crippen LogP contribution < -0.4 is 5.32 Å². The lowest BCUT2D eigenvalue weighted by Crippen LogP contribution is -2.13. The fourth-order valence-electron chi connectivity index (χ4n) is 0.992. The molecular formula is C9H8Br3NO. The summed E-state index contributed by atoms with van der Waals surface area (Å²) >= 11 is 9.88. The summed E-state index contributed by atoms with van der Waals surface area (Å²) in [6.07, 6.45) is 0. The minimum Gasteiger partial charge on any atom is -0.323 e. The Morgan fingerprint density at radius 1 is 1.36 bits per heavy atom. The lowest BCUT2D eigenvalue weighted by molar-refractivity contribution is -0.113. The van der Waals surface area contributed by atoms with Gasteiger partial charge in [-0.1, -0.05) is 15.9 Å². The van der Waals surface area contributed by atoms with Crippen molar-refractivity contribution in [3.63, 3.8) is 0 Å². The molecule has 0 heterocycles. The number of alkyl halides is 1. The highest BCUT2D eigenvalue weighted by Gasteiger charge is 2.08. The highest BCUT2D eigenvalue weighted by molar-refractivity contribution is 9.11. The van der Waals surface area contributed by atoms with Crippen molar-refractivity contribution >= 4 is 59.4 Å². The largest absolute Gasteiger partial charge is 0.323 e. The quantitative estimate of drug-likeness (QED) is 0.770. The van der Waals surface area contributed by atoms with Gasteiger partial charge in [0, 0.05) is 8.95 Å². The van der Waals surface area contributed by atoms with Crippen LogP contribution in [0.3, 0.4) is 0 Å². The van der Waals surface area contributed by atoms with E-state index in [1.165, 1.54) is 0 Å². The van der Waals surface area contributed by atoms with Crippen molar-refractivity contribution in [2.24, 2.45) is 0 Å². The van der Waals surface area contributed by atoms with E-state index in [0.717, 1.165) is 20.2 Å². The van der Waals surface area contributed by atoms with E-state index in [-0.39, 0.29) is 5.91 Å². The molecule has 0 unspecified atom stereocenters. The molecule has 1 aromatic carbocycles. The molecule has 1 amide bonds. The highest BCUT2D eigenvalue weighted by Crippen LogP contribution is 2.32. The van der Waals surface area contributed by atoms with E-state index in [2.05, 4.69) is 53.1 Å². The number of hydrogen-bond donors (Lipinski definition) is 1. The van der Waals surface area contributed by atoms with Crippen LogP contribution in [0.1, 0.15) is 5.56 Å². The van der Waals surface area contributed by atoms with Crippen LogP contribution >= 0.6 is 47.8 Å². The van der Waals surface area contributed by atoms with E-state index in [4.69, 9.17) is 0 Å². The second kappa shape index (κ2) is 5.28. The van der Waals surface area contributed by atoms with Crippen LogP contribution in [0, 0.1) is 6.92 Å². The van der Waals surface area contributed by atoms with Crippen molar-refractivity contribution in [2.75, 3.05) is 10.6 Å². The Morgan fingerprint density at radius 3 is 2.29 bits per heavy atom. The second-order valence-electron chi connectivity index (χ2n) is 2.79. The Bertz CT molecular complexity index is 342. The van der Waals surface area contributed by atoms with Crippen molar-refractivity contribution in [3.8, 4) is 0 Å². The Hall–Kier alpha value is 0.130. The molecule has 14 heavy (non-hydrogen) atoms. The fraction of sp³-hybridized carbons (Fsp3) is 0.222. The first kappa shape index (κ1) is 12.2. The number of carbonyl (C=O) groups excluding carboxylic acids is 1. The molecule has 76 valence electrons. The molecule has 5 heteroatoms. The van der Waals surface area contributed by atoms with Gasteiger partial charge in [-0.05, 0) is 56.5 Å². The maximum atomic E-state index is 11.2. The van der Waals surface area contributed by atoms with Crippen LogP contribution in [0.15, 0.2) is 21.1 Å². The fourth-order valence-corrected chi connectivity index (χ4v) is 2.75. The van der Waals surface area contributed by atoms with Crippen molar-refractivity contribution < 1.29 is 4.79 Å². The Labute approximate surface area is 108 Å². The molecule has 0 aliphatic heterocycles. The van der Waals surface area contributed by atoms with E-state index in [1.807, 2.05) is 19.1 Å². The Morgan fingerprint density at radius 2 is 1.86 bits per heavy atom. The molecule has 0 bridgehead atoms. The first-order valence-corrected chi connectivity index (χ1v) is 6.57. The van der Waals surface area contributed by atoms with Gasteiger partial charge in [-0.25, -0.2) is 0 Å². The number of amides is 1. The summed E-state index contributed by atoms with van der Waals surface area (Å²) < 4.78 is 1.75. The molecule has 0 saturated carbocycles. The number of nitrogens with one attached hydrogen (secondary N) is 1. The van der Waals surface area contributed by atoms with E-state index < -0.39 is 0 Å². The highest BCUT2D eigenvalue weighted by atomic mass is 79.9. The molecule has 0 aliphatic carbocycles. The first-order valence-electron chi connectivity index (χ1n) is 3.86. The summed E-state index contributed by atoms with van der Waals surface area (Å²) in [4.78, 5) is 11.2. The SMILES string of the molecule is Cc1cc(Br)c(NC(=O)CBr)c(Br)c1. The summed E-state index contributed by atoms with van der Waals surface area (Å²) in [6, 6.07) is 3.91. The average Bonchev–Trinajstić information content (AvgIpc) is 2.10. The predicted octanol–water partition coefficient (Wildman–Crippen LogP) is 3.85. The molecule has 0 saturated heterocycles. The van der Waals surface area contributed by atoms with Crippen LogP contribution in [0.25, 0.3) is 0 Å². The topological polar surface area (TPSA) is 29.1 Å². The zero-order chi connectivity index (χ0) is 10.7. The van der Waals surface area contributed by atoms with Crippen molar-refractivity contribution in [2.45, 2.75) is 6.92 Å². The molecule has 1 N–H and O–H groups in total. The molecule has 0 atom stereocenters. The third kappa shape index (κ3) is 3.07. The zero-order valence-electron chi connectivity index (χ0n) is 7.40. The van der Waals surface area contributed by atoms with Crippen molar-refractivity contribution in [3.05, 3.63) is 26.6 Å². The molecule has 1 rings (SSSR count). The Balaban J connectivity index is 3.02. The van der Waals surface area contributed by atoms with E-state index in [0.29, 0.717) is 5.33 Å². The Kier molecular flexibility index (Phi) is 4.60. The van der Waals surface area contributed by atoms with E-state index >= 15 is 0 Å². The van der Waals surface area contributed by atoms with Gasteiger partial charge in [0.1, 0.15) is 0 Å². The van der Waals surface area contributed by atoms with Gasteiger partial charge in [0.15, 0.2) is 0 Å². The molecule has 0 spiro atoms. The predicted molar refractivity (Wildman–Crippen MR) is 69.0 cm³/mol. The minimum absolute atomic E-state index is 0.0738. The van der Waals surface area contributed by atoms with E-state index in [1.54, 1.807) is 0 Å². The lowest BCUT2D eigenvalue weighted by Gasteiger charge is -2.09. The lowest BCUT2D eigenvalue weighted by atomic mass is 10.2. The average molecular weight is 386 g/mol. The molecular weight excluding hydrogens is 378 g/mol. The minimum atomic E-state index is -0.0738. The molecule has 0 aromatic heterocycles. The zero-order valence-corrected chi connectivity index (χ0v) is 12.2. The van der Waals surface area contributed by atoms with Crippen LogP contribution in [-0.4, -0.2) is 11.2 Å². The maximum Gasteiger partial charge on any atom is 0.235 e. The summed E-state index contributed by atoms with van der Waals surface area (Å²) in [5, 5.41) is 3.07. The molecule has 0 radical (unpaired) electrons. The van der Waals surface area contributed by atoms with Gasteiger partial charge in [-0.3, -0.25) is 4.79 Å². The monoisotopic (exact) mass is 383 g/mol. The standard InChI is InChI=1S/C9H8Br3NO/c1-5-2-6(11)9(7(12)3-5)13-8(14)4-10/h2-3H,4H2,1H3,(H,13,14). The van der Waals surface area contributed by atoms with Crippen LogP contribution in [0.2, 0.25) is 0 Å². The smallest absolute Gasteiger partial charge is 0.235 e. The van der Waals surface area contributed by atoms with Gasteiger partial charge in [0.25, 0.3) is 0 Å². The van der Waals surface area contributed by atoms with Gasteiger partial charge in [0.05, 0.1) is 11.0 Å². The number of hydrogen-bond acceptors (Lipinski definition) is 1. The third-order valence-electron chi connectivity index (χ3n) is 1.57. The van der Waals surface area contributed by atoms with Gasteiger partial charge >= 0.3 is 0 Å². The normalized spacial score (nSPS) is 10.0. The number of rotatable bonds is 2. The number of anilines is 1. The van der Waals surface area contributed by atoms with Gasteiger partial charge in [0.2, 0.25) is 5.91 Å². The van der Waals surface area contributed by atoms with Crippen LogP contribution in [0.5, 0.6) is 0 Å². The third-order valence-corrected chi connectivity index (χ3v) is 3.33. The van der Waals surface area contributed by atoms with Crippen LogP contribution in [0.4, 0.5) is 5.69 Å². The second-order valence-corrected chi connectivity index (χ2v) is 5.05. The number of carbonyl (C=O) groups is 1. The summed E-state index contributed by atoms with van der Waals surface area (Å²) in [5.41, 5.74) is 1.89. The van der Waals surface area contributed by atoms with Crippen LogP contribution in [-0.2, 0) is 4.79 Å². The van der Waals surface area contributed by atoms with E-state index in [9.17, 15) is 4.79 Å². The van der Waals surface area contributed by atoms with Crippen molar-refractivity contribution in [1.29, 1.82) is 0 Å².